The molecule has 0 aliphatic carbocycles. The van der Waals surface area contributed by atoms with Gasteiger partial charge < -0.3 is 25.5 Å². The van der Waals surface area contributed by atoms with E-state index in [4.69, 9.17) is 4.98 Å². The Balaban J connectivity index is 1.58. The highest BCUT2D eigenvalue weighted by Crippen LogP contribution is 2.52. The minimum Gasteiger partial charge on any atom is -0.393 e. The van der Waals surface area contributed by atoms with E-state index in [9.17, 15) is 20.1 Å². The maximum atomic E-state index is 12.5. The number of amides is 1. The van der Waals surface area contributed by atoms with Gasteiger partial charge in [-0.3, -0.25) is 4.79 Å². The van der Waals surface area contributed by atoms with Crippen molar-refractivity contribution in [2.45, 2.75) is 56.0 Å². The van der Waals surface area contributed by atoms with Gasteiger partial charge in [0.25, 0.3) is 0 Å². The van der Waals surface area contributed by atoms with Crippen molar-refractivity contribution in [3.63, 3.8) is 0 Å². The van der Waals surface area contributed by atoms with E-state index in [-0.39, 0.29) is 23.6 Å². The summed E-state index contributed by atoms with van der Waals surface area (Å²) in [5.74, 6) is -0.852. The summed E-state index contributed by atoms with van der Waals surface area (Å²) in [7, 11) is 0. The van der Waals surface area contributed by atoms with Crippen LogP contribution in [0.15, 0.2) is 26.4 Å². The fourth-order valence-electron chi connectivity index (χ4n) is 4.24. The molecule has 4 heterocycles. The van der Waals surface area contributed by atoms with Crippen molar-refractivity contribution in [1.82, 2.24) is 15.2 Å². The van der Waals surface area contributed by atoms with Gasteiger partial charge in [0.05, 0.1) is 29.5 Å². The fourth-order valence-corrected chi connectivity index (χ4v) is 6.38. The maximum Gasteiger partial charge on any atom is 0.235 e. The number of thioether (sulfide) groups is 1. The highest BCUT2D eigenvalue weighted by atomic mass is 32.2. The average molecular weight is 424 g/mol. The number of carbonyl (C=O) groups excluding carboxylic acids is 1. The zero-order valence-corrected chi connectivity index (χ0v) is 17.6. The number of hydrogen-bond donors (Lipinski definition) is 4. The molecule has 0 radical (unpaired) electrons. The first-order valence-electron chi connectivity index (χ1n) is 9.47. The van der Waals surface area contributed by atoms with E-state index in [1.54, 1.807) is 6.92 Å². The molecule has 1 amide bonds. The number of rotatable bonds is 5. The van der Waals surface area contributed by atoms with Crippen LogP contribution in [0.25, 0.3) is 5.57 Å². The number of aliphatic hydroxyl groups is 3. The van der Waals surface area contributed by atoms with Crippen LogP contribution in [0, 0.1) is 11.8 Å². The van der Waals surface area contributed by atoms with E-state index >= 15 is 0 Å². The smallest absolute Gasteiger partial charge is 0.235 e. The number of aromatic nitrogens is 1. The number of thiazole rings is 1. The summed E-state index contributed by atoms with van der Waals surface area (Å²) in [5, 5.41) is 35.2. The molecule has 28 heavy (non-hydrogen) atoms. The Hall–Kier alpha value is -1.23. The lowest BCUT2D eigenvalue weighted by Gasteiger charge is -2.47. The summed E-state index contributed by atoms with van der Waals surface area (Å²) in [6.07, 6.45) is 0.679. The Morgan fingerprint density at radius 1 is 1.36 bits per heavy atom. The summed E-state index contributed by atoms with van der Waals surface area (Å²) in [5.41, 5.74) is 2.34. The van der Waals surface area contributed by atoms with Crippen LogP contribution in [0.2, 0.25) is 0 Å². The molecule has 4 rings (SSSR count). The van der Waals surface area contributed by atoms with Gasteiger partial charge in [-0.1, -0.05) is 24.8 Å². The molecule has 0 aromatic carbocycles. The van der Waals surface area contributed by atoms with Crippen molar-refractivity contribution < 1.29 is 20.1 Å². The Morgan fingerprint density at radius 3 is 2.71 bits per heavy atom. The van der Waals surface area contributed by atoms with Gasteiger partial charge in [-0.15, -0.1) is 11.3 Å². The molecule has 0 spiro atoms. The molecule has 1 saturated heterocycles. The Labute approximate surface area is 172 Å². The first kappa shape index (κ1) is 20.1. The predicted octanol–water partition coefficient (Wildman–Crippen LogP) is 1.38. The second-order valence-electron chi connectivity index (χ2n) is 7.72. The quantitative estimate of drug-likeness (QED) is 0.419. The van der Waals surface area contributed by atoms with Gasteiger partial charge in [0.1, 0.15) is 0 Å². The van der Waals surface area contributed by atoms with Gasteiger partial charge in [-0.2, -0.15) is 0 Å². The maximum absolute atomic E-state index is 12.5. The molecule has 5 atom stereocenters. The lowest BCUT2D eigenvalue weighted by atomic mass is 9.79. The van der Waals surface area contributed by atoms with Crippen molar-refractivity contribution in [3.05, 3.63) is 27.8 Å². The molecule has 2 unspecified atom stereocenters. The topological polar surface area (TPSA) is 106 Å². The van der Waals surface area contributed by atoms with Crippen molar-refractivity contribution in [3.8, 4) is 0 Å². The lowest BCUT2D eigenvalue weighted by molar-refractivity contribution is -0.164. The molecular formula is C19H25N3O4S2. The highest BCUT2D eigenvalue weighted by molar-refractivity contribution is 8.04. The number of fused-ring (bicyclic) bond motifs is 1. The van der Waals surface area contributed by atoms with E-state index in [0.29, 0.717) is 6.04 Å². The second-order valence-corrected chi connectivity index (χ2v) is 9.87. The SMILES string of the molecule is CC1CC=C(c2csc(SC3=C(C(O)O)N4C(=O)[C@H]([C@@H](C)O)C4[C@H]3C)n2)CN1. The van der Waals surface area contributed by atoms with Crippen molar-refractivity contribution in [1.29, 1.82) is 0 Å². The largest absolute Gasteiger partial charge is 0.393 e. The highest BCUT2D eigenvalue weighted by Gasteiger charge is 2.59. The van der Waals surface area contributed by atoms with E-state index in [1.165, 1.54) is 33.6 Å². The molecule has 0 bridgehead atoms. The minimum absolute atomic E-state index is 0.0946. The minimum atomic E-state index is -1.74. The van der Waals surface area contributed by atoms with E-state index in [1.807, 2.05) is 12.3 Å². The van der Waals surface area contributed by atoms with Gasteiger partial charge in [0.2, 0.25) is 5.91 Å². The monoisotopic (exact) mass is 423 g/mol. The lowest BCUT2D eigenvalue weighted by Crippen LogP contribution is -2.63. The second kappa shape index (κ2) is 7.55. The summed E-state index contributed by atoms with van der Waals surface area (Å²) in [6, 6.07) is 0.233. The van der Waals surface area contributed by atoms with Gasteiger partial charge >= 0.3 is 0 Å². The van der Waals surface area contributed by atoms with Crippen LogP contribution in [0.5, 0.6) is 0 Å². The zero-order valence-electron chi connectivity index (χ0n) is 16.0. The number of nitrogens with zero attached hydrogens (tertiary/aromatic N) is 2. The third-order valence-corrected chi connectivity index (χ3v) is 8.00. The van der Waals surface area contributed by atoms with E-state index in [2.05, 4.69) is 18.3 Å². The van der Waals surface area contributed by atoms with Gasteiger partial charge in [0, 0.05) is 28.8 Å². The first-order valence-corrected chi connectivity index (χ1v) is 11.2. The number of nitrogens with one attached hydrogen (secondary N) is 1. The standard InChI is InChI=1S/C19H25N3O4S2/c1-8-4-5-11(6-20-8)12-7-27-19(21-12)28-16-9(2)14-13(10(3)23)17(24)22(14)15(16)18(25)26/h5,7-10,13-14,18,20,23,25-26H,4,6H2,1-3H3/t8?,9-,10-,13-,14?/m1/s1. The number of β-lactam (4-membered cyclic amide) rings is 1. The Kier molecular flexibility index (Phi) is 5.41. The van der Waals surface area contributed by atoms with E-state index < -0.39 is 18.3 Å². The fraction of sp³-hybridized carbons (Fsp3) is 0.579. The van der Waals surface area contributed by atoms with Gasteiger partial charge in [0.15, 0.2) is 10.6 Å². The molecule has 1 fully saturated rings. The number of carbonyl (C=O) groups is 1. The number of aliphatic hydroxyl groups excluding tert-OH is 2. The molecule has 3 aliphatic rings. The summed E-state index contributed by atoms with van der Waals surface area (Å²) in [4.78, 5) is 19.4. The van der Waals surface area contributed by atoms with Gasteiger partial charge in [-0.05, 0) is 25.8 Å². The molecule has 1 aromatic rings. The normalized spacial score (nSPS) is 31.2. The third kappa shape index (κ3) is 3.24. The van der Waals surface area contributed by atoms with E-state index in [0.717, 1.165) is 27.9 Å². The van der Waals surface area contributed by atoms with Crippen LogP contribution in [0.3, 0.4) is 0 Å². The van der Waals surface area contributed by atoms with Crippen LogP contribution in [-0.2, 0) is 4.79 Å². The summed E-state index contributed by atoms with van der Waals surface area (Å²) in [6.45, 7) is 6.50. The summed E-state index contributed by atoms with van der Waals surface area (Å²) >= 11 is 2.90. The van der Waals surface area contributed by atoms with Crippen LogP contribution >= 0.6 is 23.1 Å². The van der Waals surface area contributed by atoms with Crippen molar-refractivity contribution >= 4 is 34.6 Å². The molecule has 9 heteroatoms. The van der Waals surface area contributed by atoms with Crippen molar-refractivity contribution in [2.24, 2.45) is 11.8 Å². The van der Waals surface area contributed by atoms with Crippen molar-refractivity contribution in [2.75, 3.05) is 6.54 Å². The number of hydrogen-bond acceptors (Lipinski definition) is 8. The molecule has 3 aliphatic heterocycles. The van der Waals surface area contributed by atoms with Crippen LogP contribution in [0.1, 0.15) is 32.9 Å². The van der Waals surface area contributed by atoms with Gasteiger partial charge in [-0.25, -0.2) is 4.98 Å². The first-order chi connectivity index (χ1) is 13.3. The average Bonchev–Trinajstić information content (AvgIpc) is 3.18. The molecule has 4 N–H and O–H groups in total. The zero-order chi connectivity index (χ0) is 20.2. The summed E-state index contributed by atoms with van der Waals surface area (Å²) < 4.78 is 0.804. The van der Waals surface area contributed by atoms with Crippen LogP contribution < -0.4 is 5.32 Å². The predicted molar refractivity (Wildman–Crippen MR) is 108 cm³/mol. The molecular weight excluding hydrogens is 398 g/mol. The molecule has 7 nitrogen and oxygen atoms in total. The molecule has 0 saturated carbocycles. The Morgan fingerprint density at radius 2 is 2.11 bits per heavy atom. The third-order valence-electron chi connectivity index (χ3n) is 5.76. The van der Waals surface area contributed by atoms with Crippen LogP contribution in [-0.4, -0.2) is 62.1 Å². The molecule has 1 aromatic heterocycles. The molecule has 152 valence electrons. The van der Waals surface area contributed by atoms with Crippen LogP contribution in [0.4, 0.5) is 0 Å². The Bertz CT molecular complexity index is 848.